The van der Waals surface area contributed by atoms with E-state index in [9.17, 15) is 0 Å². The molecule has 30 heavy (non-hydrogen) atoms. The summed E-state index contributed by atoms with van der Waals surface area (Å²) in [5.74, 6) is 0. The van der Waals surface area contributed by atoms with E-state index in [1.54, 1.807) is 0 Å². The molecule has 0 aromatic heterocycles. The predicted octanol–water partition coefficient (Wildman–Crippen LogP) is 3.95. The van der Waals surface area contributed by atoms with E-state index >= 15 is 0 Å². The van der Waals surface area contributed by atoms with Gasteiger partial charge in [0.05, 0.1) is 22.4 Å². The van der Waals surface area contributed by atoms with Crippen LogP contribution in [0.4, 0.5) is 0 Å². The summed E-state index contributed by atoms with van der Waals surface area (Å²) >= 11 is 0. The molecule has 4 rings (SSSR count). The number of rotatable bonds is 3. The van der Waals surface area contributed by atoms with Gasteiger partial charge in [0.25, 0.3) is 0 Å². The molecule has 2 heterocycles. The van der Waals surface area contributed by atoms with Crippen LogP contribution in [0, 0.1) is 0 Å². The molecule has 2 aliphatic heterocycles. The lowest BCUT2D eigenvalue weighted by molar-refractivity contribution is 0.00578. The molecule has 2 aliphatic rings. The summed E-state index contributed by atoms with van der Waals surface area (Å²) in [6, 6.07) is 16.5. The Labute approximate surface area is 181 Å². The van der Waals surface area contributed by atoms with Crippen molar-refractivity contribution in [2.45, 2.75) is 77.8 Å². The van der Waals surface area contributed by atoms with Gasteiger partial charge in [-0.2, -0.15) is 0 Å². The summed E-state index contributed by atoms with van der Waals surface area (Å²) in [6.45, 7) is 16.6. The van der Waals surface area contributed by atoms with Gasteiger partial charge >= 0.3 is 14.2 Å². The zero-order valence-electron chi connectivity index (χ0n) is 19.4. The van der Waals surface area contributed by atoms with Crippen LogP contribution in [0.2, 0.25) is 0 Å². The van der Waals surface area contributed by atoms with Crippen LogP contribution in [0.15, 0.2) is 48.5 Å². The molecular weight excluding hydrogens is 374 g/mol. The van der Waals surface area contributed by atoms with Crippen molar-refractivity contribution in [3.05, 3.63) is 48.5 Å². The van der Waals surface area contributed by atoms with Crippen LogP contribution in [0.25, 0.3) is 11.1 Å². The third kappa shape index (κ3) is 3.44. The molecule has 2 fully saturated rings. The molecule has 2 aromatic carbocycles. The number of hydrogen-bond acceptors (Lipinski definition) is 4. The fourth-order valence-corrected chi connectivity index (χ4v) is 3.84. The third-order valence-electron chi connectivity index (χ3n) is 7.23. The summed E-state index contributed by atoms with van der Waals surface area (Å²) in [5.41, 5.74) is 2.60. The molecule has 0 aliphatic carbocycles. The summed E-state index contributed by atoms with van der Waals surface area (Å²) in [6.07, 6.45) is 0. The second-order valence-corrected chi connectivity index (χ2v) is 10.4. The minimum atomic E-state index is -0.433. The van der Waals surface area contributed by atoms with Gasteiger partial charge in [-0.1, -0.05) is 48.5 Å². The normalized spacial score (nSPS) is 23.7. The molecular formula is C24H32B2O4. The minimum Gasteiger partial charge on any atom is -0.399 e. The number of benzene rings is 2. The Bertz CT molecular complexity index is 842. The van der Waals surface area contributed by atoms with E-state index in [2.05, 4.69) is 79.7 Å². The van der Waals surface area contributed by atoms with Crippen molar-refractivity contribution in [1.29, 1.82) is 0 Å². The third-order valence-corrected chi connectivity index (χ3v) is 7.23. The summed E-state index contributed by atoms with van der Waals surface area (Å²) in [5, 5.41) is 0. The van der Waals surface area contributed by atoms with Crippen LogP contribution in [0.1, 0.15) is 55.4 Å². The fourth-order valence-electron chi connectivity index (χ4n) is 3.84. The second-order valence-electron chi connectivity index (χ2n) is 10.4. The lowest BCUT2D eigenvalue weighted by atomic mass is 9.69. The first kappa shape index (κ1) is 21.6. The number of hydrogen-bond donors (Lipinski definition) is 0. The SMILES string of the molecule is CC1(C)OB(c2ccccc2-c2ccccc2B2OC(C)(C)C(C)(C)O2)OC1(C)C. The van der Waals surface area contributed by atoms with E-state index in [4.69, 9.17) is 18.6 Å². The van der Waals surface area contributed by atoms with Gasteiger partial charge in [0, 0.05) is 0 Å². The van der Waals surface area contributed by atoms with E-state index in [-0.39, 0.29) is 0 Å². The molecule has 0 amide bonds. The zero-order chi connectivity index (χ0) is 21.9. The topological polar surface area (TPSA) is 36.9 Å². The monoisotopic (exact) mass is 406 g/mol. The summed E-state index contributed by atoms with van der Waals surface area (Å²) < 4.78 is 25.4. The van der Waals surface area contributed by atoms with Gasteiger partial charge in [-0.25, -0.2) is 0 Å². The van der Waals surface area contributed by atoms with Crippen LogP contribution >= 0.6 is 0 Å². The highest BCUT2D eigenvalue weighted by molar-refractivity contribution is 6.66. The zero-order valence-corrected chi connectivity index (χ0v) is 19.4. The smallest absolute Gasteiger partial charge is 0.399 e. The van der Waals surface area contributed by atoms with E-state index in [1.807, 2.05) is 24.3 Å². The van der Waals surface area contributed by atoms with Gasteiger partial charge in [-0.15, -0.1) is 0 Å². The fraction of sp³-hybridized carbons (Fsp3) is 0.500. The first-order valence-electron chi connectivity index (χ1n) is 10.7. The van der Waals surface area contributed by atoms with Crippen LogP contribution in [-0.4, -0.2) is 36.6 Å². The second kappa shape index (κ2) is 6.96. The van der Waals surface area contributed by atoms with Crippen molar-refractivity contribution < 1.29 is 18.6 Å². The van der Waals surface area contributed by atoms with E-state index in [0.717, 1.165) is 22.1 Å². The molecule has 0 atom stereocenters. The van der Waals surface area contributed by atoms with Crippen LogP contribution in [0.3, 0.4) is 0 Å². The maximum absolute atomic E-state index is 6.36. The molecule has 0 unspecified atom stereocenters. The lowest BCUT2D eigenvalue weighted by Crippen LogP contribution is -2.41. The molecule has 2 aromatic rings. The van der Waals surface area contributed by atoms with Gasteiger partial charge in [-0.05, 0) is 77.4 Å². The van der Waals surface area contributed by atoms with Crippen molar-refractivity contribution in [3.63, 3.8) is 0 Å². The molecule has 0 radical (unpaired) electrons. The van der Waals surface area contributed by atoms with Crippen molar-refractivity contribution in [2.75, 3.05) is 0 Å². The van der Waals surface area contributed by atoms with Crippen molar-refractivity contribution in [1.82, 2.24) is 0 Å². The van der Waals surface area contributed by atoms with Gasteiger partial charge in [0.1, 0.15) is 0 Å². The highest BCUT2D eigenvalue weighted by atomic mass is 16.7. The molecule has 2 saturated heterocycles. The summed E-state index contributed by atoms with van der Waals surface area (Å²) in [4.78, 5) is 0. The first-order chi connectivity index (χ1) is 13.8. The first-order valence-corrected chi connectivity index (χ1v) is 10.7. The van der Waals surface area contributed by atoms with Gasteiger partial charge < -0.3 is 18.6 Å². The van der Waals surface area contributed by atoms with Crippen LogP contribution < -0.4 is 10.9 Å². The van der Waals surface area contributed by atoms with Crippen molar-refractivity contribution in [3.8, 4) is 11.1 Å². The summed E-state index contributed by atoms with van der Waals surface area (Å²) in [7, 11) is -0.866. The Morgan fingerprint density at radius 2 is 0.733 bits per heavy atom. The molecule has 0 N–H and O–H groups in total. The molecule has 0 bridgehead atoms. The average molecular weight is 406 g/mol. The van der Waals surface area contributed by atoms with Crippen LogP contribution in [-0.2, 0) is 18.6 Å². The molecule has 0 saturated carbocycles. The Kier molecular flexibility index (Phi) is 5.02. The largest absolute Gasteiger partial charge is 0.495 e. The van der Waals surface area contributed by atoms with E-state index in [1.165, 1.54) is 0 Å². The van der Waals surface area contributed by atoms with Crippen molar-refractivity contribution >= 4 is 25.2 Å². The Morgan fingerprint density at radius 3 is 1.03 bits per heavy atom. The van der Waals surface area contributed by atoms with Gasteiger partial charge in [-0.3, -0.25) is 0 Å². The van der Waals surface area contributed by atoms with Crippen molar-refractivity contribution in [2.24, 2.45) is 0 Å². The quantitative estimate of drug-likeness (QED) is 0.724. The predicted molar refractivity (Wildman–Crippen MR) is 123 cm³/mol. The maximum atomic E-state index is 6.36. The Morgan fingerprint density at radius 1 is 0.467 bits per heavy atom. The molecule has 4 nitrogen and oxygen atoms in total. The maximum Gasteiger partial charge on any atom is 0.495 e. The lowest BCUT2D eigenvalue weighted by Gasteiger charge is -2.32. The molecule has 0 spiro atoms. The Balaban J connectivity index is 1.76. The van der Waals surface area contributed by atoms with E-state index in [0.29, 0.717) is 0 Å². The van der Waals surface area contributed by atoms with E-state index < -0.39 is 36.6 Å². The van der Waals surface area contributed by atoms with Gasteiger partial charge in [0.2, 0.25) is 0 Å². The average Bonchev–Trinajstić information content (AvgIpc) is 3.01. The van der Waals surface area contributed by atoms with Gasteiger partial charge in [0.15, 0.2) is 0 Å². The highest BCUT2D eigenvalue weighted by Crippen LogP contribution is 2.39. The molecule has 158 valence electrons. The molecule has 6 heteroatoms. The highest BCUT2D eigenvalue weighted by Gasteiger charge is 2.54. The minimum absolute atomic E-state index is 0.393. The standard InChI is InChI=1S/C24H32B2O4/c1-21(2)22(3,4)28-25(27-21)19-15-11-9-13-17(19)18-14-10-12-16-20(18)26-29-23(5,6)24(7,8)30-26/h9-16H,1-8H3. The van der Waals surface area contributed by atoms with Crippen LogP contribution in [0.5, 0.6) is 0 Å². The Hall–Kier alpha value is -1.59.